The first-order chi connectivity index (χ1) is 7.91. The van der Waals surface area contributed by atoms with Gasteiger partial charge < -0.3 is 0 Å². The lowest BCUT2D eigenvalue weighted by atomic mass is 10.1. The van der Waals surface area contributed by atoms with E-state index in [-0.39, 0.29) is 4.90 Å². The summed E-state index contributed by atoms with van der Waals surface area (Å²) in [5.41, 5.74) is 4.61. The standard InChI is InChI=1S/C10H9BrClNO3S/c1-6-7(11)2-3-9(17(12,14)15)10(6)8-4-5-16-13-8/h2-4,13H,5H2,1H3. The van der Waals surface area contributed by atoms with Crippen molar-refractivity contribution in [3.05, 3.63) is 33.8 Å². The number of rotatable bonds is 2. The summed E-state index contributed by atoms with van der Waals surface area (Å²) in [6.07, 6.45) is 1.76. The molecular formula is C10H9BrClNO3S. The van der Waals surface area contributed by atoms with Crippen molar-refractivity contribution in [1.82, 2.24) is 5.48 Å². The highest BCUT2D eigenvalue weighted by molar-refractivity contribution is 9.10. The van der Waals surface area contributed by atoms with Gasteiger partial charge in [-0.15, -0.1) is 0 Å². The molecule has 0 fully saturated rings. The third-order valence-corrected chi connectivity index (χ3v) is 4.67. The Morgan fingerprint density at radius 3 is 2.71 bits per heavy atom. The number of halogens is 2. The summed E-state index contributed by atoms with van der Waals surface area (Å²) < 4.78 is 23.9. The van der Waals surface area contributed by atoms with Crippen LogP contribution in [0.1, 0.15) is 11.1 Å². The molecule has 0 bridgehead atoms. The quantitative estimate of drug-likeness (QED) is 0.842. The van der Waals surface area contributed by atoms with Gasteiger partial charge in [0.25, 0.3) is 9.05 Å². The van der Waals surface area contributed by atoms with Gasteiger partial charge in [-0.3, -0.25) is 10.3 Å². The summed E-state index contributed by atoms with van der Waals surface area (Å²) in [4.78, 5) is 5.05. The zero-order valence-corrected chi connectivity index (χ0v) is 12.0. The maximum absolute atomic E-state index is 11.5. The molecule has 1 heterocycles. The Balaban J connectivity index is 2.73. The van der Waals surface area contributed by atoms with Gasteiger partial charge in [-0.05, 0) is 30.7 Å². The van der Waals surface area contributed by atoms with Crippen molar-refractivity contribution in [3.8, 4) is 0 Å². The fraction of sp³-hybridized carbons (Fsp3) is 0.200. The molecule has 0 saturated carbocycles. The van der Waals surface area contributed by atoms with E-state index in [1.807, 2.05) is 6.92 Å². The second-order valence-corrected chi connectivity index (χ2v) is 6.90. The van der Waals surface area contributed by atoms with E-state index in [0.29, 0.717) is 17.9 Å². The molecule has 0 aromatic heterocycles. The summed E-state index contributed by atoms with van der Waals surface area (Å²) in [7, 11) is 1.63. The van der Waals surface area contributed by atoms with Gasteiger partial charge in [0.15, 0.2) is 0 Å². The monoisotopic (exact) mass is 337 g/mol. The van der Waals surface area contributed by atoms with Crippen LogP contribution in [0.25, 0.3) is 5.70 Å². The second kappa shape index (κ2) is 4.61. The molecule has 1 aliphatic rings. The first-order valence-electron chi connectivity index (χ1n) is 4.73. The highest BCUT2D eigenvalue weighted by atomic mass is 79.9. The largest absolute Gasteiger partial charge is 0.272 e. The maximum atomic E-state index is 11.5. The van der Waals surface area contributed by atoms with Gasteiger partial charge in [-0.25, -0.2) is 8.42 Å². The predicted molar refractivity (Wildman–Crippen MR) is 69.0 cm³/mol. The van der Waals surface area contributed by atoms with E-state index in [4.69, 9.17) is 15.5 Å². The SMILES string of the molecule is Cc1c(Br)ccc(S(=O)(=O)Cl)c1C1=CCON1. The summed E-state index contributed by atoms with van der Waals surface area (Å²) in [5.74, 6) is 0. The Morgan fingerprint density at radius 2 is 2.18 bits per heavy atom. The molecule has 1 aliphatic heterocycles. The Morgan fingerprint density at radius 1 is 1.47 bits per heavy atom. The zero-order chi connectivity index (χ0) is 12.6. The van der Waals surface area contributed by atoms with E-state index in [1.165, 1.54) is 6.07 Å². The Kier molecular flexibility index (Phi) is 3.49. The number of hydrogen-bond donors (Lipinski definition) is 1. The van der Waals surface area contributed by atoms with E-state index in [1.54, 1.807) is 12.1 Å². The van der Waals surface area contributed by atoms with E-state index < -0.39 is 9.05 Å². The molecule has 17 heavy (non-hydrogen) atoms. The normalized spacial score (nSPS) is 15.6. The molecule has 2 rings (SSSR count). The molecule has 0 spiro atoms. The molecule has 0 atom stereocenters. The van der Waals surface area contributed by atoms with Crippen LogP contribution in [0.3, 0.4) is 0 Å². The first kappa shape index (κ1) is 12.9. The summed E-state index contributed by atoms with van der Waals surface area (Å²) >= 11 is 3.36. The van der Waals surface area contributed by atoms with Crippen molar-refractivity contribution >= 4 is 41.4 Å². The molecule has 7 heteroatoms. The molecule has 0 saturated heterocycles. The fourth-order valence-corrected chi connectivity index (χ4v) is 3.09. The van der Waals surface area contributed by atoms with Crippen molar-refractivity contribution in [2.24, 2.45) is 0 Å². The molecule has 92 valence electrons. The van der Waals surface area contributed by atoms with Gasteiger partial charge in [0, 0.05) is 20.7 Å². The predicted octanol–water partition coefficient (Wildman–Crippen LogP) is 2.56. The third-order valence-electron chi connectivity index (χ3n) is 2.45. The van der Waals surface area contributed by atoms with Crippen molar-refractivity contribution in [2.45, 2.75) is 11.8 Å². The summed E-state index contributed by atoms with van der Waals surface area (Å²) in [5, 5.41) is 0. The first-order valence-corrected chi connectivity index (χ1v) is 7.83. The summed E-state index contributed by atoms with van der Waals surface area (Å²) in [6, 6.07) is 3.13. The Labute approximate surface area is 112 Å². The van der Waals surface area contributed by atoms with Crippen LogP contribution >= 0.6 is 26.6 Å². The Hall–Kier alpha value is -0.560. The van der Waals surface area contributed by atoms with Gasteiger partial charge in [-0.1, -0.05) is 15.9 Å². The molecule has 0 unspecified atom stereocenters. The van der Waals surface area contributed by atoms with E-state index in [2.05, 4.69) is 21.4 Å². The molecule has 0 amide bonds. The van der Waals surface area contributed by atoms with Gasteiger partial charge >= 0.3 is 0 Å². The highest BCUT2D eigenvalue weighted by Gasteiger charge is 2.23. The van der Waals surface area contributed by atoms with Crippen molar-refractivity contribution in [2.75, 3.05) is 6.61 Å². The lowest BCUT2D eigenvalue weighted by Crippen LogP contribution is -2.10. The lowest BCUT2D eigenvalue weighted by Gasteiger charge is -2.13. The number of hydrogen-bond acceptors (Lipinski definition) is 4. The average Bonchev–Trinajstić information content (AvgIpc) is 2.73. The minimum atomic E-state index is -3.80. The number of hydroxylamine groups is 1. The van der Waals surface area contributed by atoms with Gasteiger partial charge in [0.2, 0.25) is 0 Å². The average molecular weight is 339 g/mol. The topological polar surface area (TPSA) is 55.4 Å². The smallest absolute Gasteiger partial charge is 0.261 e. The van der Waals surface area contributed by atoms with E-state index in [0.717, 1.165) is 10.0 Å². The van der Waals surface area contributed by atoms with E-state index in [9.17, 15) is 8.42 Å². The van der Waals surface area contributed by atoms with Crippen LogP contribution in [0.5, 0.6) is 0 Å². The van der Waals surface area contributed by atoms with Crippen LogP contribution in [0.15, 0.2) is 27.6 Å². The van der Waals surface area contributed by atoms with Gasteiger partial charge in [0.1, 0.15) is 0 Å². The number of benzene rings is 1. The molecule has 1 aromatic carbocycles. The molecule has 1 N–H and O–H groups in total. The molecular weight excluding hydrogens is 330 g/mol. The minimum absolute atomic E-state index is 0.0733. The van der Waals surface area contributed by atoms with Crippen molar-refractivity contribution in [3.63, 3.8) is 0 Å². The summed E-state index contributed by atoms with van der Waals surface area (Å²) in [6.45, 7) is 2.20. The van der Waals surface area contributed by atoms with E-state index >= 15 is 0 Å². The van der Waals surface area contributed by atoms with Gasteiger partial charge in [0.05, 0.1) is 17.2 Å². The molecule has 1 aromatic rings. The Bertz CT molecular complexity index is 598. The highest BCUT2D eigenvalue weighted by Crippen LogP contribution is 2.33. The van der Waals surface area contributed by atoms with Gasteiger partial charge in [-0.2, -0.15) is 0 Å². The molecule has 0 aliphatic carbocycles. The minimum Gasteiger partial charge on any atom is -0.272 e. The van der Waals surface area contributed by atoms with Crippen LogP contribution in [0.4, 0.5) is 0 Å². The second-order valence-electron chi connectivity index (χ2n) is 3.51. The van der Waals surface area contributed by atoms with Crippen LogP contribution in [0, 0.1) is 6.92 Å². The van der Waals surface area contributed by atoms with Crippen LogP contribution in [-0.4, -0.2) is 15.0 Å². The maximum Gasteiger partial charge on any atom is 0.261 e. The van der Waals surface area contributed by atoms with Crippen LogP contribution in [-0.2, 0) is 13.9 Å². The molecule has 4 nitrogen and oxygen atoms in total. The number of nitrogens with one attached hydrogen (secondary N) is 1. The van der Waals surface area contributed by atoms with Crippen LogP contribution < -0.4 is 5.48 Å². The van der Waals surface area contributed by atoms with Crippen molar-refractivity contribution < 1.29 is 13.3 Å². The lowest BCUT2D eigenvalue weighted by molar-refractivity contribution is 0.121. The zero-order valence-electron chi connectivity index (χ0n) is 8.83. The molecule has 0 radical (unpaired) electrons. The third kappa shape index (κ3) is 2.49. The van der Waals surface area contributed by atoms with Crippen LogP contribution in [0.2, 0.25) is 0 Å². The van der Waals surface area contributed by atoms with Crippen molar-refractivity contribution in [1.29, 1.82) is 0 Å². The fourth-order valence-electron chi connectivity index (χ4n) is 1.64.